The molecule has 0 heterocycles. The van der Waals surface area contributed by atoms with Crippen molar-refractivity contribution >= 4 is 18.2 Å². The van der Waals surface area contributed by atoms with Gasteiger partial charge in [-0.2, -0.15) is 0 Å². The summed E-state index contributed by atoms with van der Waals surface area (Å²) in [5, 5.41) is 9.88. The van der Waals surface area contributed by atoms with Crippen molar-refractivity contribution < 1.29 is 0 Å². The summed E-state index contributed by atoms with van der Waals surface area (Å²) in [6.07, 6.45) is 2.38. The number of hydrogen-bond acceptors (Lipinski definition) is 2. The fourth-order valence-corrected chi connectivity index (χ4v) is 1.13. The van der Waals surface area contributed by atoms with E-state index in [1.165, 1.54) is 0 Å². The predicted octanol–water partition coefficient (Wildman–Crippen LogP) is 2.93. The first-order valence-electron chi connectivity index (χ1n) is 3.90. The lowest BCUT2D eigenvalue weighted by Crippen LogP contribution is -1.99. The average Bonchev–Trinajstić information content (AvgIpc) is 2.18. The molecule has 0 atom stereocenters. The first-order chi connectivity index (χ1) is 6.29. The number of rotatable bonds is 3. The van der Waals surface area contributed by atoms with Crippen molar-refractivity contribution in [2.24, 2.45) is 5.18 Å². The monoisotopic (exact) mass is 210 g/mol. The number of nitroso groups, excluding NO2 is 1. The van der Waals surface area contributed by atoms with Crippen molar-refractivity contribution in [2.75, 3.05) is 0 Å². The van der Waals surface area contributed by atoms with Crippen LogP contribution >= 0.6 is 12.4 Å². The molecule has 0 fully saturated rings. The number of amidine groups is 1. The highest BCUT2D eigenvalue weighted by molar-refractivity contribution is 5.98. The van der Waals surface area contributed by atoms with E-state index in [1.807, 2.05) is 12.1 Å². The molecule has 0 spiro atoms. The van der Waals surface area contributed by atoms with Gasteiger partial charge in [-0.25, -0.2) is 0 Å². The molecule has 74 valence electrons. The second-order valence-electron chi connectivity index (χ2n) is 2.59. The topological polar surface area (TPSA) is 53.3 Å². The fraction of sp³-hybridized carbons (Fsp3) is 0.100. The summed E-state index contributed by atoms with van der Waals surface area (Å²) in [6, 6.07) is 7.21. The second kappa shape index (κ2) is 6.05. The van der Waals surface area contributed by atoms with Crippen LogP contribution in [0.15, 0.2) is 42.1 Å². The molecule has 1 rings (SSSR count). The Morgan fingerprint density at radius 3 is 2.71 bits per heavy atom. The summed E-state index contributed by atoms with van der Waals surface area (Å²) in [6.45, 7) is 3.60. The lowest BCUT2D eigenvalue weighted by atomic mass is 10.0. The van der Waals surface area contributed by atoms with E-state index in [9.17, 15) is 4.91 Å². The van der Waals surface area contributed by atoms with Crippen LogP contribution in [0.2, 0.25) is 0 Å². The van der Waals surface area contributed by atoms with Gasteiger partial charge in [0.25, 0.3) is 0 Å². The van der Waals surface area contributed by atoms with Gasteiger partial charge in [-0.3, -0.25) is 5.41 Å². The number of nitrogens with one attached hydrogen (secondary N) is 1. The standard InChI is InChI=1S/C10H10N2O.ClH/c1-2-5-8-6-3-4-7-9(8)10(11)12-13;/h2-4,6-7,11H,1,5H2;1H. The predicted molar refractivity (Wildman–Crippen MR) is 60.2 cm³/mol. The summed E-state index contributed by atoms with van der Waals surface area (Å²) in [7, 11) is 0. The molecule has 0 amide bonds. The Morgan fingerprint density at radius 2 is 2.14 bits per heavy atom. The van der Waals surface area contributed by atoms with E-state index in [1.54, 1.807) is 18.2 Å². The number of halogens is 1. The van der Waals surface area contributed by atoms with Gasteiger partial charge >= 0.3 is 0 Å². The van der Waals surface area contributed by atoms with Gasteiger partial charge in [0.1, 0.15) is 0 Å². The molecule has 1 aromatic carbocycles. The third-order valence-electron chi connectivity index (χ3n) is 1.73. The fourth-order valence-electron chi connectivity index (χ4n) is 1.13. The van der Waals surface area contributed by atoms with E-state index in [2.05, 4.69) is 11.8 Å². The number of allylic oxidation sites excluding steroid dienone is 1. The highest BCUT2D eigenvalue weighted by Gasteiger charge is 2.05. The number of nitrogens with zero attached hydrogens (tertiary/aromatic N) is 1. The van der Waals surface area contributed by atoms with E-state index >= 15 is 0 Å². The molecule has 1 aromatic rings. The van der Waals surface area contributed by atoms with Gasteiger partial charge in [0.2, 0.25) is 0 Å². The molecule has 0 radical (unpaired) electrons. The van der Waals surface area contributed by atoms with E-state index in [4.69, 9.17) is 5.41 Å². The van der Waals surface area contributed by atoms with Crippen molar-refractivity contribution in [3.8, 4) is 0 Å². The van der Waals surface area contributed by atoms with Crippen LogP contribution in [0.25, 0.3) is 0 Å². The van der Waals surface area contributed by atoms with Crippen LogP contribution in [-0.2, 0) is 6.42 Å². The summed E-state index contributed by atoms with van der Waals surface area (Å²) in [5.41, 5.74) is 1.49. The van der Waals surface area contributed by atoms with Gasteiger partial charge in [0.05, 0.1) is 0 Å². The number of hydrogen-bond donors (Lipinski definition) is 1. The number of benzene rings is 1. The molecule has 1 N–H and O–H groups in total. The molecule has 14 heavy (non-hydrogen) atoms. The summed E-state index contributed by atoms with van der Waals surface area (Å²) in [4.78, 5) is 10.2. The lowest BCUT2D eigenvalue weighted by Gasteiger charge is -2.02. The summed E-state index contributed by atoms with van der Waals surface area (Å²) >= 11 is 0. The van der Waals surface area contributed by atoms with E-state index < -0.39 is 0 Å². The molecular formula is C10H11ClN2O. The first kappa shape index (κ1) is 12.5. The van der Waals surface area contributed by atoms with Crippen molar-refractivity contribution in [1.29, 1.82) is 5.41 Å². The molecule has 0 aromatic heterocycles. The molecule has 0 saturated carbocycles. The van der Waals surface area contributed by atoms with Crippen LogP contribution in [0, 0.1) is 10.3 Å². The smallest absolute Gasteiger partial charge is 0.196 e. The van der Waals surface area contributed by atoms with Crippen LogP contribution < -0.4 is 0 Å². The largest absolute Gasteiger partial charge is 0.279 e. The summed E-state index contributed by atoms with van der Waals surface area (Å²) < 4.78 is 0. The summed E-state index contributed by atoms with van der Waals surface area (Å²) in [5.74, 6) is -0.225. The molecule has 4 heteroatoms. The zero-order chi connectivity index (χ0) is 9.68. The second-order valence-corrected chi connectivity index (χ2v) is 2.59. The van der Waals surface area contributed by atoms with Gasteiger partial charge in [0.15, 0.2) is 5.84 Å². The quantitative estimate of drug-likeness (QED) is 0.355. The van der Waals surface area contributed by atoms with Gasteiger partial charge in [0, 0.05) is 5.56 Å². The van der Waals surface area contributed by atoms with E-state index in [0.717, 1.165) is 5.56 Å². The average molecular weight is 211 g/mol. The van der Waals surface area contributed by atoms with E-state index in [0.29, 0.717) is 12.0 Å². The maximum absolute atomic E-state index is 10.2. The van der Waals surface area contributed by atoms with Gasteiger partial charge < -0.3 is 0 Å². The first-order valence-corrected chi connectivity index (χ1v) is 3.90. The minimum Gasteiger partial charge on any atom is -0.279 e. The SMILES string of the molecule is C=CCc1ccccc1C(=N)N=O.Cl. The Bertz CT molecular complexity index is 350. The van der Waals surface area contributed by atoms with Crippen molar-refractivity contribution in [3.63, 3.8) is 0 Å². The Balaban J connectivity index is 0.00000169. The van der Waals surface area contributed by atoms with Crippen LogP contribution in [-0.4, -0.2) is 5.84 Å². The maximum Gasteiger partial charge on any atom is 0.196 e. The molecule has 0 bridgehead atoms. The normalized spacial score (nSPS) is 8.57. The molecule has 0 aliphatic carbocycles. The molecule has 3 nitrogen and oxygen atoms in total. The van der Waals surface area contributed by atoms with Gasteiger partial charge in [-0.15, -0.1) is 23.9 Å². The van der Waals surface area contributed by atoms with Gasteiger partial charge in [-0.05, 0) is 17.2 Å². The Morgan fingerprint density at radius 1 is 1.50 bits per heavy atom. The van der Waals surface area contributed by atoms with Crippen molar-refractivity contribution in [1.82, 2.24) is 0 Å². The minimum atomic E-state index is -0.225. The molecular weight excluding hydrogens is 200 g/mol. The maximum atomic E-state index is 10.2. The van der Waals surface area contributed by atoms with Crippen LogP contribution in [0.4, 0.5) is 0 Å². The Kier molecular flexibility index (Phi) is 5.41. The third kappa shape index (κ3) is 2.78. The minimum absolute atomic E-state index is 0. The van der Waals surface area contributed by atoms with Crippen molar-refractivity contribution in [3.05, 3.63) is 53.0 Å². The molecule has 0 aliphatic heterocycles. The third-order valence-corrected chi connectivity index (χ3v) is 1.73. The van der Waals surface area contributed by atoms with Crippen molar-refractivity contribution in [2.45, 2.75) is 6.42 Å². The molecule has 0 unspecified atom stereocenters. The van der Waals surface area contributed by atoms with Crippen LogP contribution in [0.5, 0.6) is 0 Å². The molecule has 0 aliphatic rings. The Labute approximate surface area is 88.7 Å². The highest BCUT2D eigenvalue weighted by atomic mass is 35.5. The zero-order valence-corrected chi connectivity index (χ0v) is 8.38. The lowest BCUT2D eigenvalue weighted by molar-refractivity contribution is 1.25. The van der Waals surface area contributed by atoms with Gasteiger partial charge in [-0.1, -0.05) is 30.3 Å². The Hall–Kier alpha value is -1.48. The van der Waals surface area contributed by atoms with Crippen LogP contribution in [0.3, 0.4) is 0 Å². The van der Waals surface area contributed by atoms with E-state index in [-0.39, 0.29) is 18.2 Å². The zero-order valence-electron chi connectivity index (χ0n) is 7.56. The molecule has 0 saturated heterocycles. The highest BCUT2D eigenvalue weighted by Crippen LogP contribution is 2.10. The van der Waals surface area contributed by atoms with Crippen LogP contribution in [0.1, 0.15) is 11.1 Å².